The Bertz CT molecular complexity index is 101. The van der Waals surface area contributed by atoms with Crippen LogP contribution in [0.15, 0.2) is 12.7 Å². The quantitative estimate of drug-likeness (QED) is 0.252. The van der Waals surface area contributed by atoms with E-state index in [2.05, 4.69) is 6.58 Å². The van der Waals surface area contributed by atoms with Gasteiger partial charge in [0.1, 0.15) is 0 Å². The summed E-state index contributed by atoms with van der Waals surface area (Å²) in [5, 5.41) is 0. The lowest BCUT2D eigenvalue weighted by Crippen LogP contribution is -1.90. The Hall–Kier alpha value is -0.390. The molecule has 5 heteroatoms. The van der Waals surface area contributed by atoms with Gasteiger partial charge in [0.25, 0.3) is 11.0 Å². The second-order valence-electron chi connectivity index (χ2n) is 0.762. The molecule has 3 N–H and O–H groups in total. The number of thiol groups is 1. The van der Waals surface area contributed by atoms with Gasteiger partial charge in [0.15, 0.2) is 0 Å². The van der Waals surface area contributed by atoms with Crippen LogP contribution in [-0.4, -0.2) is 19.5 Å². The molecule has 0 aromatic heterocycles. The van der Waals surface area contributed by atoms with Gasteiger partial charge in [0.05, 0.1) is 0 Å². The molecule has 0 spiro atoms. The van der Waals surface area contributed by atoms with Crippen LogP contribution in [0.1, 0.15) is 0 Å². The molecule has 0 heterocycles. The van der Waals surface area contributed by atoms with Gasteiger partial charge in [-0.15, -0.1) is 6.58 Å². The zero-order valence-corrected chi connectivity index (χ0v) is 5.17. The first-order chi connectivity index (χ1) is 3.65. The van der Waals surface area contributed by atoms with E-state index in [-0.39, 0.29) is 0 Å². The first kappa shape index (κ1) is 10.6. The molecule has 0 saturated heterocycles. The fraction of sp³-hybridized carbons (Fsp3) is 0.333. The van der Waals surface area contributed by atoms with Gasteiger partial charge in [-0.25, -0.2) is 8.42 Å². The highest BCUT2D eigenvalue weighted by Crippen LogP contribution is 1.40. The van der Waals surface area contributed by atoms with Crippen LogP contribution in [0.4, 0.5) is 0 Å². The first-order valence-electron chi connectivity index (χ1n) is 1.79. The Balaban J connectivity index is 0. The van der Waals surface area contributed by atoms with Crippen LogP contribution in [0.3, 0.4) is 0 Å². The van der Waals surface area contributed by atoms with Gasteiger partial charge in [0, 0.05) is 6.54 Å². The van der Waals surface area contributed by atoms with Crippen LogP contribution in [0, 0.1) is 0 Å². The summed E-state index contributed by atoms with van der Waals surface area (Å²) in [5.41, 5.74) is 4.91. The van der Waals surface area contributed by atoms with Crippen LogP contribution in [0.5, 0.6) is 0 Å². The summed E-state index contributed by atoms with van der Waals surface area (Å²) in [4.78, 5) is 0. The predicted molar refractivity (Wildman–Crippen MR) is 32.2 cm³/mol. The van der Waals surface area contributed by atoms with Gasteiger partial charge in [-0.3, -0.25) is 4.55 Å². The topological polar surface area (TPSA) is 80.4 Å². The molecule has 0 fully saturated rings. The third-order valence-corrected chi connectivity index (χ3v) is 0.167. The number of nitrogens with two attached hydrogens (primary N) is 1. The number of hydrogen-bond donors (Lipinski definition) is 3. The normalized spacial score (nSPS) is 7.38. The fourth-order valence-corrected chi connectivity index (χ4v) is 0. The van der Waals surface area contributed by atoms with Crippen molar-refractivity contribution in [3.8, 4) is 0 Å². The summed E-state index contributed by atoms with van der Waals surface area (Å²) in [6.07, 6.45) is 1.65. The lowest BCUT2D eigenvalue weighted by atomic mass is 10.7. The van der Waals surface area contributed by atoms with Gasteiger partial charge in [-0.2, -0.15) is 0 Å². The largest absolute Gasteiger partial charge is 0.327 e. The molecular formula is C3H9NO3S. The molecule has 0 radical (unpaired) electrons. The second kappa shape index (κ2) is 9.79. The summed E-state index contributed by atoms with van der Waals surface area (Å²) in [6.45, 7) is 3.94. The Morgan fingerprint density at radius 2 is 1.88 bits per heavy atom. The Morgan fingerprint density at radius 1 is 1.75 bits per heavy atom. The maximum atomic E-state index is 8.59. The van der Waals surface area contributed by atoms with Gasteiger partial charge in [-0.1, -0.05) is 6.08 Å². The van der Waals surface area contributed by atoms with E-state index in [0.29, 0.717) is 6.54 Å². The molecule has 0 bridgehead atoms. The molecule has 0 aromatic rings. The van der Waals surface area contributed by atoms with E-state index < -0.39 is 11.0 Å². The van der Waals surface area contributed by atoms with Crippen LogP contribution < -0.4 is 5.73 Å². The van der Waals surface area contributed by atoms with Crippen LogP contribution in [0.2, 0.25) is 0 Å². The van der Waals surface area contributed by atoms with E-state index in [1.54, 1.807) is 6.08 Å². The van der Waals surface area contributed by atoms with Crippen molar-refractivity contribution in [2.24, 2.45) is 5.73 Å². The Kier molecular flexibility index (Phi) is 12.9. The minimum absolute atomic E-state index is 0.583. The van der Waals surface area contributed by atoms with Gasteiger partial charge < -0.3 is 5.73 Å². The van der Waals surface area contributed by atoms with Crippen molar-refractivity contribution in [1.29, 1.82) is 0 Å². The first-order valence-corrected chi connectivity index (χ1v) is 2.92. The van der Waals surface area contributed by atoms with Crippen molar-refractivity contribution in [1.82, 2.24) is 0 Å². The highest BCUT2D eigenvalue weighted by molar-refractivity contribution is 7.66. The van der Waals surface area contributed by atoms with Gasteiger partial charge >= 0.3 is 0 Å². The van der Waals surface area contributed by atoms with Crippen molar-refractivity contribution in [2.75, 3.05) is 6.54 Å². The van der Waals surface area contributed by atoms with Crippen molar-refractivity contribution >= 4 is 11.0 Å². The van der Waals surface area contributed by atoms with E-state index in [1.807, 2.05) is 0 Å². The monoisotopic (exact) mass is 139 g/mol. The van der Waals surface area contributed by atoms with E-state index in [4.69, 9.17) is 18.7 Å². The lowest BCUT2D eigenvalue weighted by molar-refractivity contribution is 0.509. The third kappa shape index (κ3) is 320. The lowest BCUT2D eigenvalue weighted by Gasteiger charge is -1.61. The Morgan fingerprint density at radius 3 is 1.88 bits per heavy atom. The standard InChI is InChI=1S/C3H7N.H2O3S/c1-2-3-4;1-4(2)3/h2H,1,3-4H2;4H,(H,1,2,3). The maximum Gasteiger partial charge on any atom is 0.254 e. The summed E-state index contributed by atoms with van der Waals surface area (Å²) < 4.78 is 24.2. The molecule has 4 nitrogen and oxygen atoms in total. The number of rotatable bonds is 1. The molecule has 0 atom stereocenters. The predicted octanol–water partition coefficient (Wildman–Crippen LogP) is -0.798. The summed E-state index contributed by atoms with van der Waals surface area (Å²) in [5.74, 6) is 0. The maximum absolute atomic E-state index is 8.59. The molecule has 0 aliphatic rings. The molecule has 0 aliphatic heterocycles. The van der Waals surface area contributed by atoms with Crippen molar-refractivity contribution in [2.45, 2.75) is 0 Å². The molecular weight excluding hydrogens is 130 g/mol. The van der Waals surface area contributed by atoms with Crippen molar-refractivity contribution in [3.05, 3.63) is 12.7 Å². The summed E-state index contributed by atoms with van der Waals surface area (Å²) in [6, 6.07) is 0. The van der Waals surface area contributed by atoms with Crippen LogP contribution >= 0.6 is 0 Å². The zero-order valence-electron chi connectivity index (χ0n) is 4.28. The molecule has 0 saturated carbocycles. The van der Waals surface area contributed by atoms with E-state index in [9.17, 15) is 0 Å². The molecule has 0 aliphatic carbocycles. The smallest absolute Gasteiger partial charge is 0.254 e. The van der Waals surface area contributed by atoms with E-state index in [0.717, 1.165) is 0 Å². The van der Waals surface area contributed by atoms with Crippen molar-refractivity contribution < 1.29 is 13.0 Å². The Labute approximate surface area is 49.8 Å². The fourth-order valence-electron chi connectivity index (χ4n) is 0. The highest BCUT2D eigenvalue weighted by Gasteiger charge is 1.44. The average molecular weight is 139 g/mol. The van der Waals surface area contributed by atoms with Gasteiger partial charge in [0.2, 0.25) is 0 Å². The van der Waals surface area contributed by atoms with Crippen molar-refractivity contribution in [3.63, 3.8) is 0 Å². The van der Waals surface area contributed by atoms with Crippen LogP contribution in [-0.2, 0) is 11.0 Å². The number of hydrogen-bond acceptors (Lipinski definition) is 3. The van der Waals surface area contributed by atoms with E-state index in [1.165, 1.54) is 0 Å². The molecule has 50 valence electrons. The van der Waals surface area contributed by atoms with Gasteiger partial charge in [-0.05, 0) is 0 Å². The SMILES string of the molecule is C=CCN.O=[SH](=O)O. The molecule has 0 unspecified atom stereocenters. The third-order valence-electron chi connectivity index (χ3n) is 0.167. The molecule has 0 amide bonds. The summed E-state index contributed by atoms with van der Waals surface area (Å²) >= 11 is 0. The minimum Gasteiger partial charge on any atom is -0.327 e. The zero-order chi connectivity index (χ0) is 6.99. The molecule has 8 heavy (non-hydrogen) atoms. The molecule has 0 rings (SSSR count). The average Bonchev–Trinajstić information content (AvgIpc) is 1.65. The highest BCUT2D eigenvalue weighted by atomic mass is 32.2. The van der Waals surface area contributed by atoms with Crippen LogP contribution in [0.25, 0.3) is 0 Å². The minimum atomic E-state index is -3.12. The second-order valence-corrected chi connectivity index (χ2v) is 1.24. The van der Waals surface area contributed by atoms with E-state index >= 15 is 0 Å². The molecule has 0 aromatic carbocycles. The summed E-state index contributed by atoms with van der Waals surface area (Å²) in [7, 11) is -3.12.